The molecule has 0 aromatic rings. The van der Waals surface area contributed by atoms with E-state index in [1.165, 1.54) is 0 Å². The van der Waals surface area contributed by atoms with Crippen LogP contribution in [0.4, 0.5) is 0 Å². The maximum absolute atomic E-state index is 12.1. The van der Waals surface area contributed by atoms with Crippen LogP contribution < -0.4 is 5.73 Å². The van der Waals surface area contributed by atoms with Gasteiger partial charge in [0.25, 0.3) is 0 Å². The second-order valence-corrected chi connectivity index (χ2v) is 7.08. The summed E-state index contributed by atoms with van der Waals surface area (Å²) in [5.41, 5.74) is 6.00. The van der Waals surface area contributed by atoms with Crippen molar-refractivity contribution in [3.8, 4) is 0 Å². The van der Waals surface area contributed by atoms with Crippen LogP contribution in [0.3, 0.4) is 0 Å². The molecule has 5 nitrogen and oxygen atoms in total. The van der Waals surface area contributed by atoms with E-state index in [2.05, 4.69) is 0 Å². The predicted octanol–water partition coefficient (Wildman–Crippen LogP) is 0.0218. The summed E-state index contributed by atoms with van der Waals surface area (Å²) in [5.74, 6) is 0.943. The molecule has 3 atom stereocenters. The maximum Gasteiger partial charge on any atom is 0.216 e. The first kappa shape index (κ1) is 13.3. The predicted molar refractivity (Wildman–Crippen MR) is 66.0 cm³/mol. The third kappa shape index (κ3) is 2.81. The van der Waals surface area contributed by atoms with Crippen molar-refractivity contribution in [1.82, 2.24) is 4.31 Å². The number of fused-ring (bicyclic) bond motifs is 1. The van der Waals surface area contributed by atoms with Crippen molar-refractivity contribution in [2.45, 2.75) is 25.8 Å². The molecule has 1 aliphatic heterocycles. The average Bonchev–Trinajstić information content (AvgIpc) is 2.82. The van der Waals surface area contributed by atoms with E-state index in [9.17, 15) is 8.42 Å². The fourth-order valence-corrected chi connectivity index (χ4v) is 4.34. The van der Waals surface area contributed by atoms with E-state index < -0.39 is 10.0 Å². The Hall–Kier alpha value is -0.170. The standard InChI is InChI=1S/C11H22N2O3S/c1-2-16-5-6-17(14,15)13-7-9-3-4-11(12)10(9)8-13/h9-11H,2-8,12H2,1H3. The Morgan fingerprint density at radius 1 is 1.35 bits per heavy atom. The summed E-state index contributed by atoms with van der Waals surface area (Å²) in [6, 6.07) is 0.187. The number of ether oxygens (including phenoxy) is 1. The first-order valence-corrected chi connectivity index (χ1v) is 7.96. The van der Waals surface area contributed by atoms with E-state index in [1.54, 1.807) is 4.31 Å². The Morgan fingerprint density at radius 3 is 2.76 bits per heavy atom. The van der Waals surface area contributed by atoms with Gasteiger partial charge in [0, 0.05) is 25.7 Å². The van der Waals surface area contributed by atoms with Crippen LogP contribution in [-0.2, 0) is 14.8 Å². The maximum atomic E-state index is 12.1. The van der Waals surface area contributed by atoms with Crippen LogP contribution in [0.2, 0.25) is 0 Å². The highest BCUT2D eigenvalue weighted by Gasteiger charge is 2.44. The van der Waals surface area contributed by atoms with Crippen LogP contribution in [-0.4, -0.2) is 50.8 Å². The summed E-state index contributed by atoms with van der Waals surface area (Å²) >= 11 is 0. The van der Waals surface area contributed by atoms with E-state index in [0.717, 1.165) is 12.8 Å². The molecule has 0 spiro atoms. The third-order valence-electron chi connectivity index (χ3n) is 3.96. The second kappa shape index (κ2) is 5.22. The van der Waals surface area contributed by atoms with Crippen molar-refractivity contribution in [1.29, 1.82) is 0 Å². The monoisotopic (exact) mass is 262 g/mol. The number of sulfonamides is 1. The largest absolute Gasteiger partial charge is 0.381 e. The van der Waals surface area contributed by atoms with Crippen molar-refractivity contribution < 1.29 is 13.2 Å². The van der Waals surface area contributed by atoms with Gasteiger partial charge < -0.3 is 10.5 Å². The molecule has 1 saturated heterocycles. The average molecular weight is 262 g/mol. The van der Waals surface area contributed by atoms with Crippen LogP contribution >= 0.6 is 0 Å². The Bertz CT molecular complexity index is 358. The summed E-state index contributed by atoms with van der Waals surface area (Å²) in [6.07, 6.45) is 2.12. The fraction of sp³-hybridized carbons (Fsp3) is 1.00. The van der Waals surface area contributed by atoms with E-state index in [0.29, 0.717) is 31.5 Å². The molecular formula is C11H22N2O3S. The van der Waals surface area contributed by atoms with Gasteiger partial charge in [-0.15, -0.1) is 0 Å². The van der Waals surface area contributed by atoms with Gasteiger partial charge in [-0.1, -0.05) is 0 Å². The first-order valence-electron chi connectivity index (χ1n) is 6.35. The van der Waals surface area contributed by atoms with E-state index in [4.69, 9.17) is 10.5 Å². The van der Waals surface area contributed by atoms with Gasteiger partial charge in [0.05, 0.1) is 12.4 Å². The molecule has 0 amide bonds. The van der Waals surface area contributed by atoms with Gasteiger partial charge in [0.15, 0.2) is 0 Å². The molecule has 0 aromatic heterocycles. The summed E-state index contributed by atoms with van der Waals surface area (Å²) in [7, 11) is -3.14. The molecule has 6 heteroatoms. The van der Waals surface area contributed by atoms with Crippen molar-refractivity contribution >= 4 is 10.0 Å². The molecule has 3 unspecified atom stereocenters. The molecular weight excluding hydrogens is 240 g/mol. The first-order chi connectivity index (χ1) is 8.04. The normalized spacial score (nSPS) is 34.1. The third-order valence-corrected chi connectivity index (χ3v) is 5.73. The summed E-state index contributed by atoms with van der Waals surface area (Å²) < 4.78 is 30.8. The van der Waals surface area contributed by atoms with Crippen LogP contribution in [0.15, 0.2) is 0 Å². The van der Waals surface area contributed by atoms with Gasteiger partial charge in [-0.05, 0) is 31.6 Å². The molecule has 0 aromatic carbocycles. The highest BCUT2D eigenvalue weighted by Crippen LogP contribution is 2.38. The lowest BCUT2D eigenvalue weighted by atomic mass is 9.98. The molecule has 2 rings (SSSR count). The number of hydrogen-bond donors (Lipinski definition) is 1. The van der Waals surface area contributed by atoms with Crippen LogP contribution in [0.1, 0.15) is 19.8 Å². The Kier molecular flexibility index (Phi) is 4.07. The van der Waals surface area contributed by atoms with Gasteiger partial charge in [-0.3, -0.25) is 0 Å². The molecule has 2 fully saturated rings. The van der Waals surface area contributed by atoms with Crippen molar-refractivity contribution in [2.24, 2.45) is 17.6 Å². The topological polar surface area (TPSA) is 72.6 Å². The molecule has 1 saturated carbocycles. The Balaban J connectivity index is 1.91. The van der Waals surface area contributed by atoms with E-state index >= 15 is 0 Å². The van der Waals surface area contributed by atoms with Crippen LogP contribution in [0.5, 0.6) is 0 Å². The summed E-state index contributed by atoms with van der Waals surface area (Å²) in [5, 5.41) is 0. The lowest BCUT2D eigenvalue weighted by Crippen LogP contribution is -2.35. The molecule has 100 valence electrons. The second-order valence-electron chi connectivity index (χ2n) is 5.00. The van der Waals surface area contributed by atoms with Gasteiger partial charge >= 0.3 is 0 Å². The van der Waals surface area contributed by atoms with Crippen molar-refractivity contribution in [2.75, 3.05) is 32.1 Å². The van der Waals surface area contributed by atoms with Gasteiger partial charge in [0.2, 0.25) is 10.0 Å². The molecule has 1 heterocycles. The van der Waals surface area contributed by atoms with Crippen molar-refractivity contribution in [3.05, 3.63) is 0 Å². The Morgan fingerprint density at radius 2 is 2.12 bits per heavy atom. The molecule has 2 aliphatic rings. The molecule has 0 radical (unpaired) electrons. The number of nitrogens with two attached hydrogens (primary N) is 1. The zero-order valence-electron chi connectivity index (χ0n) is 10.3. The number of nitrogens with zero attached hydrogens (tertiary/aromatic N) is 1. The van der Waals surface area contributed by atoms with Gasteiger partial charge in [-0.25, -0.2) is 12.7 Å². The van der Waals surface area contributed by atoms with E-state index in [-0.39, 0.29) is 18.4 Å². The smallest absolute Gasteiger partial charge is 0.216 e. The number of rotatable bonds is 5. The molecule has 2 N–H and O–H groups in total. The molecule has 1 aliphatic carbocycles. The lowest BCUT2D eigenvalue weighted by molar-refractivity contribution is 0.162. The molecule has 0 bridgehead atoms. The minimum absolute atomic E-state index is 0.0928. The molecule has 17 heavy (non-hydrogen) atoms. The Labute approximate surface area is 103 Å². The SMILES string of the molecule is CCOCCS(=O)(=O)N1CC2CCC(N)C2C1. The highest BCUT2D eigenvalue weighted by molar-refractivity contribution is 7.89. The van der Waals surface area contributed by atoms with Crippen LogP contribution in [0, 0.1) is 11.8 Å². The van der Waals surface area contributed by atoms with Gasteiger partial charge in [-0.2, -0.15) is 0 Å². The van der Waals surface area contributed by atoms with E-state index in [1.807, 2.05) is 6.92 Å². The van der Waals surface area contributed by atoms with Gasteiger partial charge in [0.1, 0.15) is 0 Å². The lowest BCUT2D eigenvalue weighted by Gasteiger charge is -2.18. The minimum atomic E-state index is -3.14. The summed E-state index contributed by atoms with van der Waals surface area (Å²) in [4.78, 5) is 0. The zero-order valence-corrected chi connectivity index (χ0v) is 11.2. The minimum Gasteiger partial charge on any atom is -0.381 e. The number of hydrogen-bond acceptors (Lipinski definition) is 4. The van der Waals surface area contributed by atoms with Crippen LogP contribution in [0.25, 0.3) is 0 Å². The fourth-order valence-electron chi connectivity index (χ4n) is 2.93. The van der Waals surface area contributed by atoms with Crippen molar-refractivity contribution in [3.63, 3.8) is 0 Å². The highest BCUT2D eigenvalue weighted by atomic mass is 32.2. The quantitative estimate of drug-likeness (QED) is 0.709. The summed E-state index contributed by atoms with van der Waals surface area (Å²) in [6.45, 7) is 3.99. The zero-order chi connectivity index (χ0) is 12.5.